The molecule has 0 fully saturated rings. The Balaban J connectivity index is 2.77. The van der Waals surface area contributed by atoms with Gasteiger partial charge in [0.05, 0.1) is 0 Å². The Morgan fingerprint density at radius 2 is 2.00 bits per heavy atom. The van der Waals surface area contributed by atoms with Crippen LogP contribution >= 0.6 is 0 Å². The Bertz CT molecular complexity index is 424. The van der Waals surface area contributed by atoms with Gasteiger partial charge in [-0.1, -0.05) is 19.9 Å². The fraction of sp³-hybridized carbons (Fsp3) is 0.333. The molecule has 0 aliphatic rings. The number of H-pyrrole nitrogens is 1. The second kappa shape index (κ2) is 2.91. The van der Waals surface area contributed by atoms with Crippen LogP contribution in [0, 0.1) is 6.92 Å². The van der Waals surface area contributed by atoms with Crippen molar-refractivity contribution in [2.45, 2.75) is 26.7 Å². The van der Waals surface area contributed by atoms with E-state index in [0.29, 0.717) is 5.92 Å². The summed E-state index contributed by atoms with van der Waals surface area (Å²) in [6, 6.07) is 6.63. The van der Waals surface area contributed by atoms with E-state index in [1.165, 1.54) is 22.0 Å². The van der Waals surface area contributed by atoms with Gasteiger partial charge < -0.3 is 4.98 Å². The molecule has 0 saturated heterocycles. The molecule has 68 valence electrons. The van der Waals surface area contributed by atoms with Crippen LogP contribution in [0.1, 0.15) is 30.9 Å². The number of hydrogen-bond donors (Lipinski definition) is 1. The second-order valence-electron chi connectivity index (χ2n) is 3.95. The molecule has 1 N–H and O–H groups in total. The molecule has 0 aliphatic heterocycles. The lowest BCUT2D eigenvalue weighted by atomic mass is 9.97. The van der Waals surface area contributed by atoms with Crippen LogP contribution in [-0.4, -0.2) is 4.98 Å². The van der Waals surface area contributed by atoms with Crippen LogP contribution in [0.2, 0.25) is 0 Å². The van der Waals surface area contributed by atoms with Gasteiger partial charge in [-0.05, 0) is 36.1 Å². The van der Waals surface area contributed by atoms with Gasteiger partial charge in [-0.25, -0.2) is 0 Å². The molecule has 0 unspecified atom stereocenters. The Kier molecular flexibility index (Phi) is 1.87. The number of aromatic nitrogens is 1. The van der Waals surface area contributed by atoms with Gasteiger partial charge in [0.1, 0.15) is 0 Å². The molecule has 1 heterocycles. The first kappa shape index (κ1) is 8.36. The minimum Gasteiger partial charge on any atom is -0.361 e. The second-order valence-corrected chi connectivity index (χ2v) is 3.95. The van der Waals surface area contributed by atoms with E-state index in [4.69, 9.17) is 0 Å². The Morgan fingerprint density at radius 1 is 1.23 bits per heavy atom. The zero-order chi connectivity index (χ0) is 9.42. The lowest BCUT2D eigenvalue weighted by Gasteiger charge is -2.08. The van der Waals surface area contributed by atoms with Crippen molar-refractivity contribution in [3.05, 3.63) is 35.5 Å². The molecule has 0 saturated carbocycles. The number of rotatable bonds is 1. The third-order valence-electron chi connectivity index (χ3n) is 2.47. The molecule has 1 nitrogen and oxygen atoms in total. The maximum Gasteiger partial charge on any atom is 0.0459 e. The van der Waals surface area contributed by atoms with Gasteiger partial charge in [-0.15, -0.1) is 0 Å². The van der Waals surface area contributed by atoms with Crippen LogP contribution in [0.25, 0.3) is 10.9 Å². The first-order valence-electron chi connectivity index (χ1n) is 4.76. The van der Waals surface area contributed by atoms with Gasteiger partial charge >= 0.3 is 0 Å². The van der Waals surface area contributed by atoms with Gasteiger partial charge in [0.25, 0.3) is 0 Å². The summed E-state index contributed by atoms with van der Waals surface area (Å²) in [4.78, 5) is 3.26. The van der Waals surface area contributed by atoms with Crippen LogP contribution in [0.5, 0.6) is 0 Å². The molecular weight excluding hydrogens is 158 g/mol. The van der Waals surface area contributed by atoms with E-state index in [9.17, 15) is 0 Å². The number of aryl methyl sites for hydroxylation is 1. The summed E-state index contributed by atoms with van der Waals surface area (Å²) in [5.74, 6) is 0.596. The average Bonchev–Trinajstić information content (AvgIpc) is 2.49. The number of aromatic amines is 1. The molecule has 1 aromatic heterocycles. The zero-order valence-electron chi connectivity index (χ0n) is 8.39. The lowest BCUT2D eigenvalue weighted by Crippen LogP contribution is -1.89. The third kappa shape index (κ3) is 1.35. The third-order valence-corrected chi connectivity index (χ3v) is 2.47. The quantitative estimate of drug-likeness (QED) is 0.678. The van der Waals surface area contributed by atoms with Gasteiger partial charge in [0.15, 0.2) is 0 Å². The first-order chi connectivity index (χ1) is 6.18. The van der Waals surface area contributed by atoms with Crippen molar-refractivity contribution < 1.29 is 0 Å². The highest BCUT2D eigenvalue weighted by molar-refractivity contribution is 5.84. The van der Waals surface area contributed by atoms with Crippen molar-refractivity contribution >= 4 is 10.9 Å². The average molecular weight is 173 g/mol. The topological polar surface area (TPSA) is 15.8 Å². The predicted octanol–water partition coefficient (Wildman–Crippen LogP) is 3.60. The lowest BCUT2D eigenvalue weighted by molar-refractivity contribution is 0.875. The van der Waals surface area contributed by atoms with Crippen molar-refractivity contribution in [2.75, 3.05) is 0 Å². The summed E-state index contributed by atoms with van der Waals surface area (Å²) in [5.41, 5.74) is 4.03. The molecular formula is C12H15N. The maximum atomic E-state index is 3.26. The summed E-state index contributed by atoms with van der Waals surface area (Å²) in [5, 5.41) is 1.36. The van der Waals surface area contributed by atoms with E-state index in [0.717, 1.165) is 0 Å². The van der Waals surface area contributed by atoms with Gasteiger partial charge in [-0.3, -0.25) is 0 Å². The van der Waals surface area contributed by atoms with E-state index in [2.05, 4.69) is 44.0 Å². The monoisotopic (exact) mass is 173 g/mol. The van der Waals surface area contributed by atoms with E-state index >= 15 is 0 Å². The first-order valence-corrected chi connectivity index (χ1v) is 4.76. The van der Waals surface area contributed by atoms with E-state index in [-0.39, 0.29) is 0 Å². The van der Waals surface area contributed by atoms with Gasteiger partial charge in [0, 0.05) is 17.1 Å². The fourth-order valence-electron chi connectivity index (χ4n) is 1.82. The number of hydrogen-bond acceptors (Lipinski definition) is 0. The van der Waals surface area contributed by atoms with Crippen LogP contribution in [0.3, 0.4) is 0 Å². The van der Waals surface area contributed by atoms with Gasteiger partial charge in [0.2, 0.25) is 0 Å². The van der Waals surface area contributed by atoms with E-state index in [1.807, 2.05) is 6.20 Å². The molecule has 2 rings (SSSR count). The molecule has 1 heteroatoms. The zero-order valence-corrected chi connectivity index (χ0v) is 8.39. The van der Waals surface area contributed by atoms with E-state index in [1.54, 1.807) is 0 Å². The van der Waals surface area contributed by atoms with Crippen molar-refractivity contribution in [2.24, 2.45) is 0 Å². The molecule has 0 aliphatic carbocycles. The SMILES string of the molecule is Cc1cc(C(C)C)c2cc[nH]c2c1. The minimum absolute atomic E-state index is 0.596. The Morgan fingerprint density at radius 3 is 2.69 bits per heavy atom. The molecule has 0 amide bonds. The van der Waals surface area contributed by atoms with Crippen molar-refractivity contribution in [1.82, 2.24) is 4.98 Å². The van der Waals surface area contributed by atoms with Crippen LogP contribution < -0.4 is 0 Å². The molecule has 13 heavy (non-hydrogen) atoms. The van der Waals surface area contributed by atoms with Crippen molar-refractivity contribution in [1.29, 1.82) is 0 Å². The number of fused-ring (bicyclic) bond motifs is 1. The van der Waals surface area contributed by atoms with Gasteiger partial charge in [-0.2, -0.15) is 0 Å². The van der Waals surface area contributed by atoms with Crippen molar-refractivity contribution in [3.8, 4) is 0 Å². The summed E-state index contributed by atoms with van der Waals surface area (Å²) >= 11 is 0. The fourth-order valence-corrected chi connectivity index (χ4v) is 1.82. The largest absolute Gasteiger partial charge is 0.361 e. The molecule has 0 atom stereocenters. The standard InChI is InChI=1S/C12H15N/c1-8(2)11-6-9(3)7-12-10(11)4-5-13-12/h4-8,13H,1-3H3. The van der Waals surface area contributed by atoms with Crippen molar-refractivity contribution in [3.63, 3.8) is 0 Å². The minimum atomic E-state index is 0.596. The summed E-state index contributed by atoms with van der Waals surface area (Å²) in [6.45, 7) is 6.62. The Hall–Kier alpha value is -1.24. The summed E-state index contributed by atoms with van der Waals surface area (Å²) in [7, 11) is 0. The summed E-state index contributed by atoms with van der Waals surface area (Å²) < 4.78 is 0. The number of nitrogens with one attached hydrogen (secondary N) is 1. The molecule has 1 aromatic carbocycles. The number of benzene rings is 1. The summed E-state index contributed by atoms with van der Waals surface area (Å²) in [6.07, 6.45) is 2.01. The van der Waals surface area contributed by atoms with E-state index < -0.39 is 0 Å². The highest BCUT2D eigenvalue weighted by Crippen LogP contribution is 2.25. The smallest absolute Gasteiger partial charge is 0.0459 e. The molecule has 0 radical (unpaired) electrons. The van der Waals surface area contributed by atoms with Crippen LogP contribution in [0.15, 0.2) is 24.4 Å². The predicted molar refractivity (Wildman–Crippen MR) is 57.1 cm³/mol. The highest BCUT2D eigenvalue weighted by atomic mass is 14.7. The molecule has 0 spiro atoms. The molecule has 0 bridgehead atoms. The Labute approximate surface area is 78.8 Å². The highest BCUT2D eigenvalue weighted by Gasteiger charge is 2.06. The van der Waals surface area contributed by atoms with Crippen LogP contribution in [-0.2, 0) is 0 Å². The van der Waals surface area contributed by atoms with Crippen LogP contribution in [0.4, 0.5) is 0 Å². The molecule has 2 aromatic rings. The normalized spacial score (nSPS) is 11.4. The maximum absolute atomic E-state index is 3.26.